The predicted molar refractivity (Wildman–Crippen MR) is 44.5 cm³/mol. The van der Waals surface area contributed by atoms with E-state index in [4.69, 9.17) is 6.42 Å². The van der Waals surface area contributed by atoms with Crippen LogP contribution in [0.3, 0.4) is 0 Å². The summed E-state index contributed by atoms with van der Waals surface area (Å²) in [6.07, 6.45) is 7.53. The number of rotatable bonds is 3. The standard InChI is InChI=1S/C8H7NOS/c1-2-3-4-7(10)8-5-9-6-11-8/h1,5-6H,3-4H2. The maximum absolute atomic E-state index is 11.1. The van der Waals surface area contributed by atoms with Gasteiger partial charge in [0.05, 0.1) is 10.4 Å². The maximum atomic E-state index is 11.1. The first-order valence-electron chi connectivity index (χ1n) is 3.19. The van der Waals surface area contributed by atoms with Crippen LogP contribution in [0, 0.1) is 12.3 Å². The third-order valence-corrected chi connectivity index (χ3v) is 2.02. The first-order chi connectivity index (χ1) is 5.34. The smallest absolute Gasteiger partial charge is 0.175 e. The van der Waals surface area contributed by atoms with E-state index in [2.05, 4.69) is 10.9 Å². The van der Waals surface area contributed by atoms with Crippen molar-refractivity contribution in [3.05, 3.63) is 16.6 Å². The predicted octanol–water partition coefficient (Wildman–Crippen LogP) is 1.74. The number of aromatic nitrogens is 1. The second-order valence-corrected chi connectivity index (χ2v) is 2.88. The lowest BCUT2D eigenvalue weighted by Gasteiger charge is -1.89. The molecule has 2 nitrogen and oxygen atoms in total. The van der Waals surface area contributed by atoms with Crippen molar-refractivity contribution in [2.45, 2.75) is 12.8 Å². The third kappa shape index (κ3) is 2.17. The van der Waals surface area contributed by atoms with E-state index in [9.17, 15) is 4.79 Å². The molecule has 0 saturated carbocycles. The summed E-state index contributed by atoms with van der Waals surface area (Å²) in [6, 6.07) is 0. The van der Waals surface area contributed by atoms with Crippen LogP contribution in [-0.2, 0) is 0 Å². The van der Waals surface area contributed by atoms with Crippen molar-refractivity contribution < 1.29 is 4.79 Å². The minimum Gasteiger partial charge on any atom is -0.293 e. The molecule has 0 aliphatic heterocycles. The Balaban J connectivity index is 2.51. The van der Waals surface area contributed by atoms with Crippen LogP contribution >= 0.6 is 11.3 Å². The number of nitrogens with zero attached hydrogens (tertiary/aromatic N) is 1. The zero-order chi connectivity index (χ0) is 8.10. The zero-order valence-electron chi connectivity index (χ0n) is 5.91. The highest BCUT2D eigenvalue weighted by molar-refractivity contribution is 7.11. The molecule has 1 rings (SSSR count). The molecule has 0 radical (unpaired) electrons. The Morgan fingerprint density at radius 3 is 3.18 bits per heavy atom. The van der Waals surface area contributed by atoms with E-state index < -0.39 is 0 Å². The van der Waals surface area contributed by atoms with Crippen LogP contribution in [0.25, 0.3) is 0 Å². The van der Waals surface area contributed by atoms with Gasteiger partial charge in [0.15, 0.2) is 5.78 Å². The fraction of sp³-hybridized carbons (Fsp3) is 0.250. The summed E-state index contributed by atoms with van der Waals surface area (Å²) in [7, 11) is 0. The van der Waals surface area contributed by atoms with Gasteiger partial charge in [-0.3, -0.25) is 9.78 Å². The first kappa shape index (κ1) is 7.96. The summed E-state index contributed by atoms with van der Waals surface area (Å²) in [6.45, 7) is 0. The van der Waals surface area contributed by atoms with Gasteiger partial charge < -0.3 is 0 Å². The van der Waals surface area contributed by atoms with Crippen molar-refractivity contribution in [2.24, 2.45) is 0 Å². The highest BCUT2D eigenvalue weighted by atomic mass is 32.1. The molecule has 1 aromatic heterocycles. The molecule has 0 fully saturated rings. The molecule has 56 valence electrons. The molecule has 1 aromatic rings. The van der Waals surface area contributed by atoms with E-state index in [0.717, 1.165) is 0 Å². The zero-order valence-corrected chi connectivity index (χ0v) is 6.73. The van der Waals surface area contributed by atoms with Crippen molar-refractivity contribution >= 4 is 17.1 Å². The summed E-state index contributed by atoms with van der Waals surface area (Å²) in [5.41, 5.74) is 1.64. The minimum atomic E-state index is 0.0884. The summed E-state index contributed by atoms with van der Waals surface area (Å²) in [4.78, 5) is 15.6. The van der Waals surface area contributed by atoms with Crippen molar-refractivity contribution in [1.29, 1.82) is 0 Å². The highest BCUT2D eigenvalue weighted by Gasteiger charge is 2.04. The van der Waals surface area contributed by atoms with Gasteiger partial charge in [0.1, 0.15) is 0 Å². The largest absolute Gasteiger partial charge is 0.293 e. The number of ketones is 1. The van der Waals surface area contributed by atoms with Crippen LogP contribution in [0.15, 0.2) is 11.7 Å². The summed E-state index contributed by atoms with van der Waals surface area (Å²) >= 11 is 1.35. The number of carbonyl (C=O) groups excluding carboxylic acids is 1. The van der Waals surface area contributed by atoms with Crippen LogP contribution in [0.2, 0.25) is 0 Å². The Morgan fingerprint density at radius 2 is 2.64 bits per heavy atom. The van der Waals surface area contributed by atoms with Crippen LogP contribution in [-0.4, -0.2) is 10.8 Å². The second kappa shape index (κ2) is 3.89. The molecule has 0 spiro atoms. The topological polar surface area (TPSA) is 30.0 Å². The Hall–Kier alpha value is -1.14. The quantitative estimate of drug-likeness (QED) is 0.504. The molecule has 11 heavy (non-hydrogen) atoms. The average molecular weight is 165 g/mol. The van der Waals surface area contributed by atoms with Crippen LogP contribution in [0.5, 0.6) is 0 Å². The van der Waals surface area contributed by atoms with Crippen molar-refractivity contribution in [3.63, 3.8) is 0 Å². The van der Waals surface area contributed by atoms with Gasteiger partial charge in [-0.1, -0.05) is 0 Å². The monoisotopic (exact) mass is 165 g/mol. The fourth-order valence-electron chi connectivity index (χ4n) is 0.662. The molecule has 0 N–H and O–H groups in total. The molecule has 0 aliphatic rings. The Bertz CT molecular complexity index is 271. The SMILES string of the molecule is C#CCCC(=O)c1cncs1. The lowest BCUT2D eigenvalue weighted by molar-refractivity contribution is 0.0988. The molecular formula is C8H7NOS. The lowest BCUT2D eigenvalue weighted by atomic mass is 10.2. The highest BCUT2D eigenvalue weighted by Crippen LogP contribution is 2.09. The van der Waals surface area contributed by atoms with Gasteiger partial charge in [-0.15, -0.1) is 23.7 Å². The molecule has 1 heterocycles. The van der Waals surface area contributed by atoms with E-state index in [1.807, 2.05) is 0 Å². The van der Waals surface area contributed by atoms with Gasteiger partial charge in [-0.2, -0.15) is 0 Å². The summed E-state index contributed by atoms with van der Waals surface area (Å²) in [5.74, 6) is 2.51. The van der Waals surface area contributed by atoms with Crippen LogP contribution in [0.1, 0.15) is 22.5 Å². The number of thiazole rings is 1. The van der Waals surface area contributed by atoms with Crippen LogP contribution < -0.4 is 0 Å². The first-order valence-corrected chi connectivity index (χ1v) is 4.07. The van der Waals surface area contributed by atoms with Gasteiger partial charge in [0.2, 0.25) is 0 Å². The lowest BCUT2D eigenvalue weighted by Crippen LogP contribution is -1.93. The number of carbonyl (C=O) groups is 1. The van der Waals surface area contributed by atoms with E-state index >= 15 is 0 Å². The van der Waals surface area contributed by atoms with Crippen molar-refractivity contribution in [2.75, 3.05) is 0 Å². The Morgan fingerprint density at radius 1 is 1.82 bits per heavy atom. The number of hydrogen-bond acceptors (Lipinski definition) is 3. The minimum absolute atomic E-state index is 0.0884. The molecule has 0 unspecified atom stereocenters. The van der Waals surface area contributed by atoms with E-state index in [1.165, 1.54) is 11.3 Å². The molecule has 0 atom stereocenters. The van der Waals surface area contributed by atoms with Gasteiger partial charge in [-0.05, 0) is 0 Å². The number of terminal acetylenes is 1. The maximum Gasteiger partial charge on any atom is 0.175 e. The Kier molecular flexibility index (Phi) is 2.82. The molecule has 0 aromatic carbocycles. The number of Topliss-reactive ketones (excluding diaryl/α,β-unsaturated/α-hetero) is 1. The van der Waals surface area contributed by atoms with Gasteiger partial charge in [0.25, 0.3) is 0 Å². The average Bonchev–Trinajstić information content (AvgIpc) is 2.52. The molecular weight excluding hydrogens is 158 g/mol. The molecule has 0 aliphatic carbocycles. The Labute approximate surface area is 69.3 Å². The van der Waals surface area contributed by atoms with E-state index in [-0.39, 0.29) is 5.78 Å². The summed E-state index contributed by atoms with van der Waals surface area (Å²) in [5, 5.41) is 0. The van der Waals surface area contributed by atoms with Crippen molar-refractivity contribution in [1.82, 2.24) is 4.98 Å². The molecule has 3 heteroatoms. The number of hydrogen-bond donors (Lipinski definition) is 0. The van der Waals surface area contributed by atoms with Gasteiger partial charge in [-0.25, -0.2) is 0 Å². The fourth-order valence-corrected chi connectivity index (χ4v) is 1.25. The molecule has 0 saturated heterocycles. The summed E-state index contributed by atoms with van der Waals surface area (Å²) < 4.78 is 0. The van der Waals surface area contributed by atoms with Gasteiger partial charge in [0, 0.05) is 19.0 Å². The van der Waals surface area contributed by atoms with E-state index in [1.54, 1.807) is 11.7 Å². The van der Waals surface area contributed by atoms with Crippen molar-refractivity contribution in [3.8, 4) is 12.3 Å². The normalized spacial score (nSPS) is 9.00. The molecule has 0 amide bonds. The van der Waals surface area contributed by atoms with Crippen LogP contribution in [0.4, 0.5) is 0 Å². The molecule has 0 bridgehead atoms. The van der Waals surface area contributed by atoms with E-state index in [0.29, 0.717) is 17.7 Å². The van der Waals surface area contributed by atoms with Gasteiger partial charge >= 0.3 is 0 Å². The third-order valence-electron chi connectivity index (χ3n) is 1.20. The second-order valence-electron chi connectivity index (χ2n) is 1.99.